The Morgan fingerprint density at radius 3 is 0.684 bits per heavy atom. The summed E-state index contributed by atoms with van der Waals surface area (Å²) in [6.45, 7) is 27.0. The van der Waals surface area contributed by atoms with Crippen molar-refractivity contribution in [3.63, 3.8) is 0 Å². The molecule has 0 aliphatic carbocycles. The van der Waals surface area contributed by atoms with Gasteiger partial charge in [-0.3, -0.25) is 19.0 Å². The summed E-state index contributed by atoms with van der Waals surface area (Å²) in [6, 6.07) is 24.0. The standard InChI is InChI=1S/C10H24N4.2C5H.6CO.2Mo/c1-11(2)9(12(3)4)10(13(5)6)14(7)8;2*1-2-4-5-3-1;6*1-2;;/h1-8H3;2*1H;;;;;;;;/q+2;2*-5;;;;;;;2*+4. The molecule has 0 unspecified atom stereocenters. The molecule has 0 atom stereocenters. The number of likely N-dealkylation sites (N-methyl/N-ethyl adjacent to an activating group) is 2. The molecule has 0 amide bonds. The first-order valence-corrected chi connectivity index (χ1v) is 8.60. The molecule has 2 aromatic rings. The van der Waals surface area contributed by atoms with Gasteiger partial charge in [0.25, 0.3) is 0 Å². The molecule has 10 nitrogen and oxygen atoms in total. The molecule has 0 aliphatic heterocycles. The molecule has 0 aliphatic rings. The molecule has 0 heterocycles. The monoisotopic (exact) mass is 686 g/mol. The van der Waals surface area contributed by atoms with E-state index < -0.39 is 0 Å². The van der Waals surface area contributed by atoms with Crippen LogP contribution in [0.4, 0.5) is 0 Å². The van der Waals surface area contributed by atoms with Gasteiger partial charge in [0, 0.05) is 0 Å². The van der Waals surface area contributed by atoms with E-state index in [0.717, 1.165) is 0 Å². The molecule has 0 bridgehead atoms. The molecule has 0 saturated heterocycles. The van der Waals surface area contributed by atoms with Crippen molar-refractivity contribution >= 4 is 11.7 Å². The van der Waals surface area contributed by atoms with Crippen molar-refractivity contribution in [1.82, 2.24) is 9.80 Å². The van der Waals surface area contributed by atoms with Gasteiger partial charge >= 0.3 is 122 Å². The average molecular weight is 682 g/mol. The van der Waals surface area contributed by atoms with E-state index in [1.165, 1.54) is 11.7 Å². The molecule has 38 heavy (non-hydrogen) atoms. The summed E-state index contributed by atoms with van der Waals surface area (Å²) >= 11 is 0. The third-order valence-electron chi connectivity index (χ3n) is 2.60. The molecule has 0 aromatic heterocycles. The van der Waals surface area contributed by atoms with Crippen LogP contribution in [0.15, 0.2) is 12.1 Å². The van der Waals surface area contributed by atoms with Crippen molar-refractivity contribution in [2.75, 3.05) is 56.4 Å². The largest absolute Gasteiger partial charge is 4.00 e. The molecule has 12 heteroatoms. The van der Waals surface area contributed by atoms with Crippen molar-refractivity contribution in [2.45, 2.75) is 0 Å². The number of hydrogen-bond donors (Lipinski definition) is 0. The summed E-state index contributed by atoms with van der Waals surface area (Å²) < 4.78 is 49.2. The zero-order valence-corrected chi connectivity index (χ0v) is 26.2. The predicted molar refractivity (Wildman–Crippen MR) is 120 cm³/mol. The summed E-state index contributed by atoms with van der Waals surface area (Å²) in [5, 5.41) is 0. The minimum Gasteiger partial charge on any atom is -0.999 e. The van der Waals surface area contributed by atoms with Gasteiger partial charge in [-0.25, -0.2) is 0 Å². The Bertz CT molecular complexity index is 705. The van der Waals surface area contributed by atoms with Crippen LogP contribution in [-0.2, 0) is 70.0 Å². The first kappa shape index (κ1) is 60.1. The SMILES string of the molecule is CN(C)C(C(N(C)C)=[N+](C)C)=[N+](C)C.[C-]#[O+].[C-]#[O+].[C-]#[O+].[C-]#[O+].[C-]#[O+].[C-]#[O+].[Mo+4].[Mo+4].[c-]1[c-][c-][cH-][c-]1.[c-]1[c-][c-][cH-][c-]1. The molecular formula is C26H26Mo2N4O6. The Balaban J connectivity index is -0.0000000419. The van der Waals surface area contributed by atoms with Crippen molar-refractivity contribution in [1.29, 1.82) is 0 Å². The van der Waals surface area contributed by atoms with Crippen molar-refractivity contribution in [3.05, 3.63) is 101 Å². The third kappa shape index (κ3) is 46.8. The molecular weight excluding hydrogens is 656 g/mol. The van der Waals surface area contributed by atoms with E-state index in [2.05, 4.69) is 164 Å². The van der Waals surface area contributed by atoms with Crippen LogP contribution < -0.4 is 0 Å². The van der Waals surface area contributed by atoms with Gasteiger partial charge < -0.3 is 60.7 Å². The van der Waals surface area contributed by atoms with Crippen molar-refractivity contribution in [3.8, 4) is 0 Å². The number of amidine groups is 2. The Kier molecular flexibility index (Phi) is 94.2. The normalized spacial score (nSPS) is 5.89. The Labute approximate surface area is 256 Å². The van der Waals surface area contributed by atoms with Gasteiger partial charge in [-0.15, -0.1) is 0 Å². The zero-order valence-electron chi connectivity index (χ0n) is 22.2. The average Bonchev–Trinajstić information content (AvgIpc) is 3.69. The molecule has 0 saturated carbocycles. The van der Waals surface area contributed by atoms with Gasteiger partial charge in [-0.05, 0) is 0 Å². The maximum absolute atomic E-state index is 7.50. The van der Waals surface area contributed by atoms with E-state index in [0.29, 0.717) is 0 Å². The van der Waals surface area contributed by atoms with E-state index in [4.69, 9.17) is 27.9 Å². The van der Waals surface area contributed by atoms with Crippen LogP contribution in [-0.4, -0.2) is 87.0 Å². The van der Waals surface area contributed by atoms with Gasteiger partial charge in [-0.1, -0.05) is 0 Å². The molecule has 0 N–H and O–H groups in total. The van der Waals surface area contributed by atoms with Crippen LogP contribution in [0.25, 0.3) is 0 Å². The van der Waals surface area contributed by atoms with Crippen LogP contribution in [0, 0.1) is 88.4 Å². The van der Waals surface area contributed by atoms with Crippen LogP contribution in [0.5, 0.6) is 0 Å². The number of nitrogens with zero attached hydrogens (tertiary/aromatic N) is 4. The van der Waals surface area contributed by atoms with Crippen LogP contribution in [0.3, 0.4) is 0 Å². The van der Waals surface area contributed by atoms with E-state index in [9.17, 15) is 0 Å². The van der Waals surface area contributed by atoms with Crippen LogP contribution in [0.2, 0.25) is 0 Å². The summed E-state index contributed by atoms with van der Waals surface area (Å²) in [7, 11) is 16.5. The van der Waals surface area contributed by atoms with Gasteiger partial charge in [0.15, 0.2) is 0 Å². The Morgan fingerprint density at radius 2 is 0.632 bits per heavy atom. The van der Waals surface area contributed by atoms with Gasteiger partial charge in [-0.2, -0.15) is 0 Å². The third-order valence-corrected chi connectivity index (χ3v) is 2.60. The van der Waals surface area contributed by atoms with Gasteiger partial charge in [0.05, 0.1) is 56.4 Å². The van der Waals surface area contributed by atoms with Gasteiger partial charge in [0.2, 0.25) is 0 Å². The number of hydrogen-bond acceptors (Lipinski definition) is 0. The van der Waals surface area contributed by atoms with Gasteiger partial charge in [0.1, 0.15) is 0 Å². The molecule has 2 aromatic carbocycles. The molecule has 0 spiro atoms. The first-order chi connectivity index (χ1) is 17.3. The quantitative estimate of drug-likeness (QED) is 0.0998. The van der Waals surface area contributed by atoms with Crippen LogP contribution >= 0.6 is 0 Å². The fraction of sp³-hybridized carbons (Fsp3) is 0.308. The van der Waals surface area contributed by atoms with E-state index in [1.54, 1.807) is 12.1 Å². The van der Waals surface area contributed by atoms with Crippen molar-refractivity contribution in [2.24, 2.45) is 0 Å². The molecule has 0 fully saturated rings. The summed E-state index contributed by atoms with van der Waals surface area (Å²) in [5.74, 6) is 2.39. The zero-order chi connectivity index (χ0) is 30.5. The topological polar surface area (TPSA) is 132 Å². The van der Waals surface area contributed by atoms with E-state index in [1.807, 2.05) is 0 Å². The summed E-state index contributed by atoms with van der Waals surface area (Å²) in [6.07, 6.45) is 0. The minimum absolute atomic E-state index is 0. The Hall–Kier alpha value is -2.54. The second-order valence-electron chi connectivity index (χ2n) is 5.59. The van der Waals surface area contributed by atoms with E-state index in [-0.39, 0.29) is 42.1 Å². The fourth-order valence-corrected chi connectivity index (χ4v) is 1.96. The van der Waals surface area contributed by atoms with E-state index >= 15 is 0 Å². The van der Waals surface area contributed by atoms with Crippen LogP contribution in [0.1, 0.15) is 0 Å². The molecule has 0 radical (unpaired) electrons. The molecule has 2 rings (SSSR count). The van der Waals surface area contributed by atoms with Crippen molar-refractivity contribution < 1.29 is 79.2 Å². The first-order valence-electron chi connectivity index (χ1n) is 8.60. The minimum atomic E-state index is 0. The fourth-order valence-electron chi connectivity index (χ4n) is 1.96. The molecule has 198 valence electrons. The maximum Gasteiger partial charge on any atom is 4.00 e. The Morgan fingerprint density at radius 1 is 0.474 bits per heavy atom. The maximum atomic E-state index is 7.50. The second kappa shape index (κ2) is 59.5. The summed E-state index contributed by atoms with van der Waals surface area (Å²) in [5.41, 5.74) is 0. The second-order valence-corrected chi connectivity index (χ2v) is 5.59. The number of rotatable bonds is 0. The predicted octanol–water partition coefficient (Wildman–Crippen LogP) is 0.433. The summed E-state index contributed by atoms with van der Waals surface area (Å²) in [4.78, 5) is 4.24. The smallest absolute Gasteiger partial charge is 0.999 e.